The van der Waals surface area contributed by atoms with Gasteiger partial charge in [-0.2, -0.15) is 0 Å². The van der Waals surface area contributed by atoms with Crippen LogP contribution in [0.15, 0.2) is 60.7 Å². The van der Waals surface area contributed by atoms with Crippen molar-refractivity contribution in [2.45, 2.75) is 0 Å². The van der Waals surface area contributed by atoms with Gasteiger partial charge in [-0.25, -0.2) is 0 Å². The first-order valence-corrected chi connectivity index (χ1v) is 9.13. The van der Waals surface area contributed by atoms with Crippen molar-refractivity contribution in [1.82, 2.24) is 0 Å². The molecule has 0 unspecified atom stereocenters. The molecule has 0 fully saturated rings. The SMILES string of the molecule is [O]=[Sb]([O-])([O]c1ccccc1)[O]c1ccccc1. The van der Waals surface area contributed by atoms with Crippen molar-refractivity contribution in [3.8, 4) is 11.5 Å². The van der Waals surface area contributed by atoms with Crippen LogP contribution in [0.5, 0.6) is 11.5 Å². The topological polar surface area (TPSA) is 58.6 Å². The molecule has 2 aromatic carbocycles. The Kier molecular flexibility index (Phi) is 3.77. The van der Waals surface area contributed by atoms with Crippen LogP contribution < -0.4 is 9.42 Å². The average Bonchev–Trinajstić information content (AvgIpc) is 2.30. The van der Waals surface area contributed by atoms with Crippen LogP contribution in [0.3, 0.4) is 0 Å². The van der Waals surface area contributed by atoms with E-state index in [1.807, 2.05) is 0 Å². The number of rotatable bonds is 4. The first-order valence-electron chi connectivity index (χ1n) is 4.96. The van der Waals surface area contributed by atoms with Gasteiger partial charge in [0.25, 0.3) is 0 Å². The number of hydrogen-bond acceptors (Lipinski definition) is 4. The van der Waals surface area contributed by atoms with Gasteiger partial charge in [0.05, 0.1) is 0 Å². The molecule has 0 radical (unpaired) electrons. The van der Waals surface area contributed by atoms with Crippen molar-refractivity contribution in [1.29, 1.82) is 0 Å². The number of hydrogen-bond donors (Lipinski definition) is 0. The predicted octanol–water partition coefficient (Wildman–Crippen LogP) is 1.37. The van der Waals surface area contributed by atoms with Crippen LogP contribution >= 0.6 is 0 Å². The predicted molar refractivity (Wildman–Crippen MR) is 60.6 cm³/mol. The standard InChI is InChI=1S/2C6H6O.2O.Sb/c2*7-6-4-2-1-3-5-6;;;/h2*1-5,7H;;;/q;;;-1;+2/p-2. The fourth-order valence-electron chi connectivity index (χ4n) is 1.24. The quantitative estimate of drug-likeness (QED) is 0.789. The third-order valence-corrected chi connectivity index (χ3v) is 4.40. The van der Waals surface area contributed by atoms with E-state index in [0.29, 0.717) is 0 Å². The van der Waals surface area contributed by atoms with Crippen molar-refractivity contribution in [3.05, 3.63) is 60.7 Å². The van der Waals surface area contributed by atoms with Crippen molar-refractivity contribution in [2.75, 3.05) is 0 Å². The van der Waals surface area contributed by atoms with Gasteiger partial charge >= 0.3 is 105 Å². The van der Waals surface area contributed by atoms with Crippen LogP contribution in [0.4, 0.5) is 0 Å². The molecule has 0 N–H and O–H groups in total. The summed E-state index contributed by atoms with van der Waals surface area (Å²) in [5.74, 6) is 0.527. The van der Waals surface area contributed by atoms with Crippen LogP contribution in [0.2, 0.25) is 0 Å². The van der Waals surface area contributed by atoms with Crippen LogP contribution in [-0.4, -0.2) is 20.1 Å². The third-order valence-electron chi connectivity index (χ3n) is 1.92. The summed E-state index contributed by atoms with van der Waals surface area (Å²) in [6.45, 7) is 0. The summed E-state index contributed by atoms with van der Waals surface area (Å²) in [6.07, 6.45) is 0. The summed E-state index contributed by atoms with van der Waals surface area (Å²) in [7, 11) is 0. The van der Waals surface area contributed by atoms with E-state index in [2.05, 4.69) is 0 Å². The van der Waals surface area contributed by atoms with Gasteiger partial charge in [0.1, 0.15) is 0 Å². The molecule has 88 valence electrons. The van der Waals surface area contributed by atoms with E-state index < -0.39 is 20.1 Å². The van der Waals surface area contributed by atoms with Gasteiger partial charge in [0.15, 0.2) is 0 Å². The first kappa shape index (κ1) is 12.1. The van der Waals surface area contributed by atoms with Gasteiger partial charge in [-0.1, -0.05) is 0 Å². The summed E-state index contributed by atoms with van der Waals surface area (Å²) in [4.78, 5) is 0. The van der Waals surface area contributed by atoms with E-state index in [4.69, 9.17) is 6.03 Å². The summed E-state index contributed by atoms with van der Waals surface area (Å²) < 4.78 is 33.0. The normalized spacial score (nSPS) is 10.9. The average molecular weight is 340 g/mol. The van der Waals surface area contributed by atoms with E-state index in [1.165, 1.54) is 0 Å². The number of benzene rings is 2. The third kappa shape index (κ3) is 3.84. The molecule has 0 aromatic heterocycles. The van der Waals surface area contributed by atoms with E-state index in [9.17, 15) is 6.40 Å². The molecule has 2 rings (SSSR count). The van der Waals surface area contributed by atoms with Crippen LogP contribution in [0, 0.1) is 0 Å². The molecule has 17 heavy (non-hydrogen) atoms. The fourth-order valence-corrected chi connectivity index (χ4v) is 3.51. The fraction of sp³-hybridized carbons (Fsp3) is 0. The van der Waals surface area contributed by atoms with Gasteiger partial charge < -0.3 is 0 Å². The second-order valence-corrected chi connectivity index (χ2v) is 6.85. The van der Waals surface area contributed by atoms with Gasteiger partial charge in [-0.05, 0) is 0 Å². The molecule has 0 saturated carbocycles. The zero-order chi connectivity index (χ0) is 12.1. The number of para-hydroxylation sites is 2. The summed E-state index contributed by atoms with van der Waals surface area (Å²) in [5, 5.41) is 0. The second kappa shape index (κ2) is 5.30. The maximum atomic E-state index is 11.6. The molecule has 0 bridgehead atoms. The molecular formula is C12H10O4Sb-. The van der Waals surface area contributed by atoms with Crippen molar-refractivity contribution in [2.24, 2.45) is 0 Å². The Morgan fingerprint density at radius 1 is 0.765 bits per heavy atom. The zero-order valence-electron chi connectivity index (χ0n) is 8.85. The van der Waals surface area contributed by atoms with Crippen LogP contribution in [0.1, 0.15) is 0 Å². The Morgan fingerprint density at radius 2 is 1.12 bits per heavy atom. The van der Waals surface area contributed by atoms with Gasteiger partial charge in [-0.15, -0.1) is 0 Å². The summed E-state index contributed by atoms with van der Waals surface area (Å²) in [6, 6.07) is 16.6. The molecule has 0 aliphatic rings. The molecule has 0 aliphatic heterocycles. The van der Waals surface area contributed by atoms with E-state index in [1.54, 1.807) is 60.7 Å². The Bertz CT molecular complexity index is 467. The molecule has 4 nitrogen and oxygen atoms in total. The summed E-state index contributed by atoms with van der Waals surface area (Å²) >= 11 is -5.34. The molecule has 0 atom stereocenters. The Balaban J connectivity index is 2.07. The molecule has 2 aromatic rings. The Morgan fingerprint density at radius 3 is 1.47 bits per heavy atom. The Labute approximate surface area is 105 Å². The van der Waals surface area contributed by atoms with E-state index >= 15 is 0 Å². The van der Waals surface area contributed by atoms with Gasteiger partial charge in [-0.3, -0.25) is 0 Å². The van der Waals surface area contributed by atoms with Crippen LogP contribution in [0.25, 0.3) is 0 Å². The minimum absolute atomic E-state index is 0.263. The molecule has 0 heterocycles. The molecule has 5 heteroatoms. The van der Waals surface area contributed by atoms with E-state index in [-0.39, 0.29) is 11.5 Å². The van der Waals surface area contributed by atoms with E-state index in [0.717, 1.165) is 0 Å². The molecule has 0 aliphatic carbocycles. The zero-order valence-corrected chi connectivity index (χ0v) is 11.4. The van der Waals surface area contributed by atoms with Crippen LogP contribution in [-0.2, 0) is 3.02 Å². The molecular weight excluding hydrogens is 330 g/mol. The van der Waals surface area contributed by atoms with Crippen molar-refractivity contribution >= 4 is 20.1 Å². The first-order chi connectivity index (χ1) is 8.16. The van der Waals surface area contributed by atoms with Crippen molar-refractivity contribution in [3.63, 3.8) is 0 Å². The molecule has 0 amide bonds. The molecule has 0 saturated heterocycles. The van der Waals surface area contributed by atoms with Crippen molar-refractivity contribution < 1.29 is 12.4 Å². The summed E-state index contributed by atoms with van der Waals surface area (Å²) in [5.41, 5.74) is 0. The monoisotopic (exact) mass is 339 g/mol. The van der Waals surface area contributed by atoms with Gasteiger partial charge in [0.2, 0.25) is 0 Å². The molecule has 0 spiro atoms. The second-order valence-electron chi connectivity index (χ2n) is 3.26. The maximum absolute atomic E-state index is 11.6. The minimum atomic E-state index is -5.34. The van der Waals surface area contributed by atoms with Gasteiger partial charge in [0, 0.05) is 0 Å². The Hall–Kier alpha value is -1.38.